The number of benzene rings is 1. The second-order valence-corrected chi connectivity index (χ2v) is 8.21. The predicted octanol–water partition coefficient (Wildman–Crippen LogP) is 3.66. The van der Waals surface area contributed by atoms with E-state index in [0.29, 0.717) is 23.0 Å². The summed E-state index contributed by atoms with van der Waals surface area (Å²) in [7, 11) is 1.97. The van der Waals surface area contributed by atoms with Crippen LogP contribution in [0, 0.1) is 0 Å². The molecule has 0 bridgehead atoms. The minimum atomic E-state index is -0.496. The lowest BCUT2D eigenvalue weighted by atomic mass is 10.1. The van der Waals surface area contributed by atoms with Gasteiger partial charge in [0.15, 0.2) is 4.34 Å². The monoisotopic (exact) mass is 375 g/mol. The first-order chi connectivity index (χ1) is 10.5. The van der Waals surface area contributed by atoms with Crippen LogP contribution in [0.1, 0.15) is 22.2 Å². The summed E-state index contributed by atoms with van der Waals surface area (Å²) >= 11 is 15.5. The molecule has 0 spiro atoms. The number of thioether (sulfide) groups is 1. The summed E-state index contributed by atoms with van der Waals surface area (Å²) in [5.74, 6) is 0. The van der Waals surface area contributed by atoms with Crippen molar-refractivity contribution in [2.24, 2.45) is 0 Å². The summed E-state index contributed by atoms with van der Waals surface area (Å²) < 4.78 is 0.946. The first-order valence-electron chi connectivity index (χ1n) is 6.72. The average Bonchev–Trinajstić information content (AvgIpc) is 3.02. The van der Waals surface area contributed by atoms with E-state index in [1.807, 2.05) is 19.4 Å². The molecule has 0 saturated heterocycles. The van der Waals surface area contributed by atoms with E-state index in [1.54, 1.807) is 29.2 Å². The van der Waals surface area contributed by atoms with Crippen LogP contribution in [0.15, 0.2) is 16.5 Å². The largest absolute Gasteiger partial charge is 0.391 e. The molecule has 22 heavy (non-hydrogen) atoms. The lowest BCUT2D eigenvalue weighted by molar-refractivity contribution is 0.0723. The fraction of sp³-hybridized carbons (Fsp3) is 0.429. The van der Waals surface area contributed by atoms with Crippen LogP contribution >= 0.6 is 46.3 Å². The van der Waals surface area contributed by atoms with Crippen molar-refractivity contribution in [2.75, 3.05) is 13.3 Å². The fourth-order valence-electron chi connectivity index (χ4n) is 2.86. The number of aliphatic hydroxyl groups excluding tert-OH is 1. The van der Waals surface area contributed by atoms with E-state index in [9.17, 15) is 5.11 Å². The number of likely N-dealkylation sites (N-methyl/N-ethyl adjacent to an activating group) is 1. The Labute approximate surface area is 147 Å². The Morgan fingerprint density at radius 1 is 1.41 bits per heavy atom. The number of rotatable bonds is 4. The van der Waals surface area contributed by atoms with Crippen LogP contribution in [-0.2, 0) is 13.0 Å². The highest BCUT2D eigenvalue weighted by molar-refractivity contribution is 8.00. The number of aromatic nitrogens is 2. The molecule has 2 atom stereocenters. The molecule has 0 unspecified atom stereocenters. The summed E-state index contributed by atoms with van der Waals surface area (Å²) in [6.45, 7) is 0.628. The van der Waals surface area contributed by atoms with Crippen LogP contribution in [-0.4, -0.2) is 39.6 Å². The standard InChI is InChI=1S/C14H15Cl2N3OS2/c1-19(6-12-17-18-14(21-2)22-12)13-9-3-7(15)4-10(16)8(9)5-11(13)20/h3-4,11,13,20H,5-6H2,1-2H3/t11-,13-/m1/s1. The Bertz CT molecular complexity index is 695. The fourth-order valence-corrected chi connectivity index (χ4v) is 4.82. The second kappa shape index (κ2) is 6.63. The predicted molar refractivity (Wildman–Crippen MR) is 92.1 cm³/mol. The lowest BCUT2D eigenvalue weighted by Crippen LogP contribution is -2.30. The third kappa shape index (κ3) is 3.13. The van der Waals surface area contributed by atoms with Gasteiger partial charge in [0.2, 0.25) is 0 Å². The van der Waals surface area contributed by atoms with E-state index in [0.717, 1.165) is 20.5 Å². The summed E-state index contributed by atoms with van der Waals surface area (Å²) in [5.41, 5.74) is 1.99. The first-order valence-corrected chi connectivity index (χ1v) is 9.51. The van der Waals surface area contributed by atoms with E-state index in [-0.39, 0.29) is 6.04 Å². The molecular weight excluding hydrogens is 361 g/mol. The van der Waals surface area contributed by atoms with Gasteiger partial charge in [-0.25, -0.2) is 0 Å². The molecule has 1 aromatic heterocycles. The Kier molecular flexibility index (Phi) is 4.97. The van der Waals surface area contributed by atoms with Crippen molar-refractivity contribution < 1.29 is 5.11 Å². The summed E-state index contributed by atoms with van der Waals surface area (Å²) in [4.78, 5) is 2.08. The molecule has 4 nitrogen and oxygen atoms in total. The highest BCUT2D eigenvalue weighted by atomic mass is 35.5. The molecule has 1 heterocycles. The Balaban J connectivity index is 1.85. The van der Waals surface area contributed by atoms with Gasteiger partial charge >= 0.3 is 0 Å². The Morgan fingerprint density at radius 2 is 2.18 bits per heavy atom. The summed E-state index contributed by atoms with van der Waals surface area (Å²) in [6, 6.07) is 3.49. The van der Waals surface area contributed by atoms with Gasteiger partial charge in [-0.1, -0.05) is 46.3 Å². The van der Waals surface area contributed by atoms with E-state index in [2.05, 4.69) is 15.1 Å². The van der Waals surface area contributed by atoms with Crippen LogP contribution in [0.2, 0.25) is 10.0 Å². The highest BCUT2D eigenvalue weighted by Crippen LogP contribution is 2.41. The molecule has 3 rings (SSSR count). The van der Waals surface area contributed by atoms with Gasteiger partial charge in [-0.3, -0.25) is 4.90 Å². The quantitative estimate of drug-likeness (QED) is 0.826. The van der Waals surface area contributed by atoms with Gasteiger partial charge in [0.1, 0.15) is 5.01 Å². The van der Waals surface area contributed by atoms with Crippen molar-refractivity contribution >= 4 is 46.3 Å². The van der Waals surface area contributed by atoms with Crippen LogP contribution < -0.4 is 0 Å². The molecule has 0 saturated carbocycles. The van der Waals surface area contributed by atoms with Gasteiger partial charge in [-0.15, -0.1) is 10.2 Å². The minimum Gasteiger partial charge on any atom is -0.391 e. The van der Waals surface area contributed by atoms with Crippen LogP contribution in [0.25, 0.3) is 0 Å². The Hall–Kier alpha value is -0.370. The molecule has 2 aromatic rings. The number of aliphatic hydroxyl groups is 1. The zero-order chi connectivity index (χ0) is 15.9. The maximum absolute atomic E-state index is 10.4. The van der Waals surface area contributed by atoms with E-state index in [4.69, 9.17) is 23.2 Å². The molecule has 1 aromatic carbocycles. The molecule has 1 aliphatic rings. The topological polar surface area (TPSA) is 49.2 Å². The van der Waals surface area contributed by atoms with Crippen molar-refractivity contribution in [3.63, 3.8) is 0 Å². The Morgan fingerprint density at radius 3 is 2.86 bits per heavy atom. The third-order valence-corrected chi connectivity index (χ3v) is 6.21. The van der Waals surface area contributed by atoms with Crippen molar-refractivity contribution in [3.05, 3.63) is 38.3 Å². The van der Waals surface area contributed by atoms with Gasteiger partial charge in [0, 0.05) is 16.5 Å². The van der Waals surface area contributed by atoms with Crippen molar-refractivity contribution in [3.8, 4) is 0 Å². The average molecular weight is 376 g/mol. The van der Waals surface area contributed by atoms with Crippen LogP contribution in [0.4, 0.5) is 0 Å². The first kappa shape index (κ1) is 16.5. The SMILES string of the molecule is CSc1nnc(CN(C)[C@@H]2c3cc(Cl)cc(Cl)c3C[C@H]2O)s1. The smallest absolute Gasteiger partial charge is 0.174 e. The second-order valence-electron chi connectivity index (χ2n) is 5.25. The third-order valence-electron chi connectivity index (χ3n) is 3.77. The zero-order valence-corrected chi connectivity index (χ0v) is 15.2. The molecule has 118 valence electrons. The molecule has 1 aliphatic carbocycles. The highest BCUT2D eigenvalue weighted by Gasteiger charge is 2.36. The zero-order valence-electron chi connectivity index (χ0n) is 12.1. The number of hydrogen-bond donors (Lipinski definition) is 1. The van der Waals surface area contributed by atoms with Gasteiger partial charge in [-0.2, -0.15) is 0 Å². The maximum Gasteiger partial charge on any atom is 0.174 e. The molecule has 8 heteroatoms. The van der Waals surface area contributed by atoms with Crippen molar-refractivity contribution in [1.82, 2.24) is 15.1 Å². The summed E-state index contributed by atoms with van der Waals surface area (Å²) in [6.07, 6.45) is 2.03. The molecule has 0 amide bonds. The van der Waals surface area contributed by atoms with E-state index in [1.165, 1.54) is 0 Å². The molecule has 0 radical (unpaired) electrons. The maximum atomic E-state index is 10.4. The van der Waals surface area contributed by atoms with E-state index >= 15 is 0 Å². The molecule has 0 aliphatic heterocycles. The lowest BCUT2D eigenvalue weighted by Gasteiger charge is -2.27. The number of fused-ring (bicyclic) bond motifs is 1. The van der Waals surface area contributed by atoms with Crippen LogP contribution in [0.5, 0.6) is 0 Å². The number of hydrogen-bond acceptors (Lipinski definition) is 6. The molecule has 1 N–H and O–H groups in total. The van der Waals surface area contributed by atoms with Gasteiger partial charge in [0.25, 0.3) is 0 Å². The van der Waals surface area contributed by atoms with Crippen LogP contribution in [0.3, 0.4) is 0 Å². The van der Waals surface area contributed by atoms with Gasteiger partial charge in [0.05, 0.1) is 18.7 Å². The molecular formula is C14H15Cl2N3OS2. The van der Waals surface area contributed by atoms with Crippen molar-refractivity contribution in [2.45, 2.75) is 29.5 Å². The van der Waals surface area contributed by atoms with Gasteiger partial charge < -0.3 is 5.11 Å². The minimum absolute atomic E-state index is 0.132. The van der Waals surface area contributed by atoms with Crippen molar-refractivity contribution in [1.29, 1.82) is 0 Å². The molecule has 0 fully saturated rings. The normalized spacial score (nSPS) is 20.6. The van der Waals surface area contributed by atoms with Gasteiger partial charge in [-0.05, 0) is 36.6 Å². The summed E-state index contributed by atoms with van der Waals surface area (Å²) in [5, 5.41) is 20.9. The van der Waals surface area contributed by atoms with E-state index < -0.39 is 6.10 Å². The number of nitrogens with zero attached hydrogens (tertiary/aromatic N) is 3. The number of halogens is 2.